The Bertz CT molecular complexity index is 542. The van der Waals surface area contributed by atoms with E-state index in [4.69, 9.17) is 9.47 Å². The van der Waals surface area contributed by atoms with Crippen LogP contribution in [-0.4, -0.2) is 57.8 Å². The third-order valence-corrected chi connectivity index (χ3v) is 4.15. The van der Waals surface area contributed by atoms with Gasteiger partial charge in [0.05, 0.1) is 20.8 Å². The van der Waals surface area contributed by atoms with Crippen LogP contribution in [0, 0.1) is 0 Å². The van der Waals surface area contributed by atoms with Gasteiger partial charge in [0.15, 0.2) is 5.96 Å². The van der Waals surface area contributed by atoms with Gasteiger partial charge in [0.1, 0.15) is 11.5 Å². The highest BCUT2D eigenvalue weighted by atomic mass is 16.5. The number of hydrogen-bond acceptors (Lipinski definition) is 4. The molecule has 0 aliphatic heterocycles. The highest BCUT2D eigenvalue weighted by Crippen LogP contribution is 2.25. The lowest BCUT2D eigenvalue weighted by Gasteiger charge is -2.33. The average Bonchev–Trinajstić information content (AvgIpc) is 2.57. The largest absolute Gasteiger partial charge is 0.497 e. The first kappa shape index (κ1) is 20.1. The molecule has 0 aliphatic carbocycles. The van der Waals surface area contributed by atoms with E-state index >= 15 is 0 Å². The molecule has 0 saturated carbocycles. The number of rotatable bonds is 8. The minimum atomic E-state index is 0.0357. The number of nitrogens with one attached hydrogen (secondary N) is 2. The van der Waals surface area contributed by atoms with Crippen LogP contribution in [0.15, 0.2) is 23.2 Å². The van der Waals surface area contributed by atoms with Crippen LogP contribution in [-0.2, 0) is 6.54 Å². The first-order valence-corrected chi connectivity index (χ1v) is 8.24. The summed E-state index contributed by atoms with van der Waals surface area (Å²) < 4.78 is 10.7. The third kappa shape index (κ3) is 5.92. The lowest BCUT2D eigenvalue weighted by molar-refractivity contribution is 0.197. The molecule has 0 aliphatic rings. The third-order valence-electron chi connectivity index (χ3n) is 4.15. The zero-order valence-electron chi connectivity index (χ0n) is 16.1. The predicted octanol–water partition coefficient (Wildman–Crippen LogP) is 2.10. The van der Waals surface area contributed by atoms with E-state index in [0.29, 0.717) is 6.54 Å². The van der Waals surface area contributed by atoms with E-state index in [9.17, 15) is 0 Å². The van der Waals surface area contributed by atoms with E-state index < -0.39 is 0 Å². The van der Waals surface area contributed by atoms with E-state index in [-0.39, 0.29) is 5.54 Å². The number of benzene rings is 1. The van der Waals surface area contributed by atoms with Crippen molar-refractivity contribution in [3.63, 3.8) is 0 Å². The Kier molecular flexibility index (Phi) is 7.85. The van der Waals surface area contributed by atoms with Crippen molar-refractivity contribution in [1.82, 2.24) is 15.5 Å². The number of hydrogen-bond donors (Lipinski definition) is 2. The molecule has 136 valence electrons. The fraction of sp³-hybridized carbons (Fsp3) is 0.611. The fourth-order valence-corrected chi connectivity index (χ4v) is 1.95. The molecule has 0 radical (unpaired) electrons. The molecule has 0 saturated heterocycles. The van der Waals surface area contributed by atoms with Gasteiger partial charge in [-0.1, -0.05) is 0 Å². The minimum absolute atomic E-state index is 0.0357. The van der Waals surface area contributed by atoms with Crippen LogP contribution in [0.4, 0.5) is 0 Å². The van der Waals surface area contributed by atoms with Crippen molar-refractivity contribution in [2.24, 2.45) is 4.99 Å². The number of likely N-dealkylation sites (N-methyl/N-ethyl adjacent to an activating group) is 1. The van der Waals surface area contributed by atoms with Gasteiger partial charge in [0.2, 0.25) is 0 Å². The van der Waals surface area contributed by atoms with E-state index in [1.807, 2.05) is 18.2 Å². The lowest BCUT2D eigenvalue weighted by atomic mass is 10.0. The topological polar surface area (TPSA) is 58.1 Å². The van der Waals surface area contributed by atoms with Crippen molar-refractivity contribution in [3.05, 3.63) is 23.8 Å². The molecule has 0 aromatic heterocycles. The highest BCUT2D eigenvalue weighted by Gasteiger charge is 2.20. The van der Waals surface area contributed by atoms with Gasteiger partial charge in [0, 0.05) is 30.3 Å². The summed E-state index contributed by atoms with van der Waals surface area (Å²) >= 11 is 0. The molecule has 1 aromatic carbocycles. The molecule has 0 bridgehead atoms. The minimum Gasteiger partial charge on any atom is -0.497 e. The van der Waals surface area contributed by atoms with E-state index in [1.54, 1.807) is 14.2 Å². The van der Waals surface area contributed by atoms with Gasteiger partial charge in [0.25, 0.3) is 0 Å². The number of guanidine groups is 1. The number of aliphatic imine (C=N–C) groups is 1. The zero-order valence-corrected chi connectivity index (χ0v) is 16.1. The van der Waals surface area contributed by atoms with Gasteiger partial charge < -0.3 is 25.0 Å². The molecule has 6 heteroatoms. The van der Waals surface area contributed by atoms with Crippen molar-refractivity contribution >= 4 is 5.96 Å². The van der Waals surface area contributed by atoms with E-state index in [2.05, 4.69) is 55.4 Å². The standard InChI is InChI=1S/C18H32N4O2/c1-8-19-17(21-13-18(2,3)22(4)5)20-12-14-9-10-15(23-6)11-16(14)24-7/h9-11H,8,12-13H2,1-7H3,(H2,19,20,21). The first-order valence-electron chi connectivity index (χ1n) is 8.24. The molecule has 1 rings (SSSR count). The average molecular weight is 336 g/mol. The summed E-state index contributed by atoms with van der Waals surface area (Å²) in [6.45, 7) is 8.58. The van der Waals surface area contributed by atoms with Crippen molar-refractivity contribution in [1.29, 1.82) is 0 Å². The second-order valence-electron chi connectivity index (χ2n) is 6.43. The molecule has 2 N–H and O–H groups in total. The van der Waals surface area contributed by atoms with Gasteiger partial charge in [-0.15, -0.1) is 0 Å². The summed E-state index contributed by atoms with van der Waals surface area (Å²) in [5.41, 5.74) is 1.05. The van der Waals surface area contributed by atoms with Crippen LogP contribution >= 0.6 is 0 Å². The summed E-state index contributed by atoms with van der Waals surface area (Å²) in [6.07, 6.45) is 0. The Labute approximate surface area is 146 Å². The Hall–Kier alpha value is -1.95. The monoisotopic (exact) mass is 336 g/mol. The predicted molar refractivity (Wildman–Crippen MR) is 100 cm³/mol. The molecule has 6 nitrogen and oxygen atoms in total. The van der Waals surface area contributed by atoms with Crippen LogP contribution in [0.1, 0.15) is 26.3 Å². The van der Waals surface area contributed by atoms with Crippen molar-refractivity contribution in [2.75, 3.05) is 41.4 Å². The summed E-state index contributed by atoms with van der Waals surface area (Å²) in [5.74, 6) is 2.35. The maximum Gasteiger partial charge on any atom is 0.191 e. The van der Waals surface area contributed by atoms with Gasteiger partial charge in [-0.05, 0) is 47.0 Å². The Morgan fingerprint density at radius 1 is 1.17 bits per heavy atom. The second-order valence-corrected chi connectivity index (χ2v) is 6.43. The van der Waals surface area contributed by atoms with Crippen molar-refractivity contribution < 1.29 is 9.47 Å². The Morgan fingerprint density at radius 3 is 2.42 bits per heavy atom. The maximum atomic E-state index is 5.43. The lowest BCUT2D eigenvalue weighted by Crippen LogP contribution is -2.50. The van der Waals surface area contributed by atoms with Crippen LogP contribution < -0.4 is 20.1 Å². The Balaban J connectivity index is 2.82. The normalized spacial score (nSPS) is 12.2. The van der Waals surface area contributed by atoms with Crippen LogP contribution in [0.5, 0.6) is 11.5 Å². The Morgan fingerprint density at radius 2 is 1.88 bits per heavy atom. The fourth-order valence-electron chi connectivity index (χ4n) is 1.95. The van der Waals surface area contributed by atoms with Crippen LogP contribution in [0.2, 0.25) is 0 Å². The second kappa shape index (κ2) is 9.37. The smallest absolute Gasteiger partial charge is 0.191 e. The summed E-state index contributed by atoms with van der Waals surface area (Å²) in [4.78, 5) is 6.86. The first-order chi connectivity index (χ1) is 11.3. The number of ether oxygens (including phenoxy) is 2. The van der Waals surface area contributed by atoms with Crippen LogP contribution in [0.25, 0.3) is 0 Å². The molecule has 24 heavy (non-hydrogen) atoms. The summed E-state index contributed by atoms with van der Waals surface area (Å²) in [6, 6.07) is 5.78. The molecule has 0 fully saturated rings. The van der Waals surface area contributed by atoms with Crippen LogP contribution in [0.3, 0.4) is 0 Å². The van der Waals surface area contributed by atoms with Gasteiger partial charge in [-0.3, -0.25) is 0 Å². The maximum absolute atomic E-state index is 5.43. The molecule has 0 unspecified atom stereocenters. The molecule has 0 spiro atoms. The molecule has 1 aromatic rings. The molecule has 0 heterocycles. The SMILES string of the molecule is CCNC(=NCc1ccc(OC)cc1OC)NCC(C)(C)N(C)C. The highest BCUT2D eigenvalue weighted by molar-refractivity contribution is 5.79. The summed E-state index contributed by atoms with van der Waals surface area (Å²) in [5, 5.41) is 6.68. The molecule has 0 amide bonds. The van der Waals surface area contributed by atoms with Crippen molar-refractivity contribution in [3.8, 4) is 11.5 Å². The molecular weight excluding hydrogens is 304 g/mol. The van der Waals surface area contributed by atoms with Gasteiger partial charge in [-0.25, -0.2) is 4.99 Å². The number of methoxy groups -OCH3 is 2. The zero-order chi connectivity index (χ0) is 18.2. The molecule has 0 atom stereocenters. The van der Waals surface area contributed by atoms with E-state index in [1.165, 1.54) is 0 Å². The number of nitrogens with zero attached hydrogens (tertiary/aromatic N) is 2. The van der Waals surface area contributed by atoms with Gasteiger partial charge in [-0.2, -0.15) is 0 Å². The summed E-state index contributed by atoms with van der Waals surface area (Å²) in [7, 11) is 7.46. The van der Waals surface area contributed by atoms with E-state index in [0.717, 1.165) is 36.1 Å². The van der Waals surface area contributed by atoms with Crippen molar-refractivity contribution in [2.45, 2.75) is 32.9 Å². The molecular formula is C18H32N4O2. The van der Waals surface area contributed by atoms with Gasteiger partial charge >= 0.3 is 0 Å². The quantitative estimate of drug-likeness (QED) is 0.562.